The van der Waals surface area contributed by atoms with Gasteiger partial charge < -0.3 is 4.74 Å². The van der Waals surface area contributed by atoms with Crippen LogP contribution in [0, 0.1) is 0 Å². The van der Waals surface area contributed by atoms with Crippen molar-refractivity contribution in [1.82, 2.24) is 19.1 Å². The summed E-state index contributed by atoms with van der Waals surface area (Å²) in [7, 11) is -2.09. The minimum atomic E-state index is -3.64. The molecule has 0 amide bonds. The Bertz CT molecular complexity index is 1020. The van der Waals surface area contributed by atoms with Gasteiger partial charge in [0.05, 0.1) is 18.0 Å². The van der Waals surface area contributed by atoms with E-state index in [4.69, 9.17) is 4.74 Å². The van der Waals surface area contributed by atoms with Gasteiger partial charge in [-0.25, -0.2) is 8.42 Å². The van der Waals surface area contributed by atoms with E-state index in [1.165, 1.54) is 4.31 Å². The van der Waals surface area contributed by atoms with Crippen molar-refractivity contribution in [2.75, 3.05) is 13.7 Å². The molecule has 1 saturated heterocycles. The van der Waals surface area contributed by atoms with Crippen molar-refractivity contribution in [2.24, 2.45) is 0 Å². The summed E-state index contributed by atoms with van der Waals surface area (Å²) in [6.45, 7) is 0.459. The topological polar surface area (TPSA) is 77.3 Å². The lowest BCUT2D eigenvalue weighted by Gasteiger charge is -2.24. The van der Waals surface area contributed by atoms with Crippen LogP contribution in [0.25, 0.3) is 5.69 Å². The third-order valence-electron chi connectivity index (χ3n) is 4.78. The van der Waals surface area contributed by atoms with Crippen LogP contribution in [-0.4, -0.2) is 41.1 Å². The van der Waals surface area contributed by atoms with Crippen molar-refractivity contribution in [1.29, 1.82) is 0 Å². The molecule has 3 aromatic rings. The highest BCUT2D eigenvalue weighted by Gasteiger charge is 2.38. The lowest BCUT2D eigenvalue weighted by molar-refractivity contribution is 0.379. The zero-order valence-corrected chi connectivity index (χ0v) is 15.7. The Balaban J connectivity index is 1.70. The summed E-state index contributed by atoms with van der Waals surface area (Å²) < 4.78 is 34.9. The maximum atomic E-state index is 13.2. The van der Waals surface area contributed by atoms with E-state index in [-0.39, 0.29) is 10.9 Å². The SMILES string of the molecule is COc1ccc(S(=O)(=O)N2CCCC2c2nncn2-c2ccccc2)cc1. The van der Waals surface area contributed by atoms with Crippen molar-refractivity contribution < 1.29 is 13.2 Å². The molecule has 0 spiro atoms. The zero-order chi connectivity index (χ0) is 18.9. The van der Waals surface area contributed by atoms with E-state index >= 15 is 0 Å². The second kappa shape index (κ2) is 7.13. The van der Waals surface area contributed by atoms with Crippen LogP contribution >= 0.6 is 0 Å². The van der Waals surface area contributed by atoms with Gasteiger partial charge in [-0.15, -0.1) is 10.2 Å². The molecule has 0 N–H and O–H groups in total. The van der Waals surface area contributed by atoms with Crippen LogP contribution in [0.15, 0.2) is 65.8 Å². The van der Waals surface area contributed by atoms with Gasteiger partial charge in [0.25, 0.3) is 0 Å². The lowest BCUT2D eigenvalue weighted by Crippen LogP contribution is -2.32. The van der Waals surface area contributed by atoms with Crippen LogP contribution in [-0.2, 0) is 10.0 Å². The molecule has 140 valence electrons. The summed E-state index contributed by atoms with van der Waals surface area (Å²) in [6, 6.07) is 15.8. The molecule has 2 aromatic carbocycles. The van der Waals surface area contributed by atoms with Gasteiger partial charge in [0.1, 0.15) is 12.1 Å². The number of benzene rings is 2. The first-order valence-corrected chi connectivity index (χ1v) is 10.2. The number of ether oxygens (including phenoxy) is 1. The van der Waals surface area contributed by atoms with E-state index in [2.05, 4.69) is 10.2 Å². The molecule has 1 atom stereocenters. The van der Waals surface area contributed by atoms with Crippen LogP contribution in [0.1, 0.15) is 24.7 Å². The molecule has 2 heterocycles. The van der Waals surface area contributed by atoms with Gasteiger partial charge in [0.2, 0.25) is 10.0 Å². The predicted molar refractivity (Wildman–Crippen MR) is 100 cm³/mol. The molecule has 1 aromatic heterocycles. The maximum absolute atomic E-state index is 13.2. The maximum Gasteiger partial charge on any atom is 0.243 e. The Hall–Kier alpha value is -2.71. The van der Waals surface area contributed by atoms with E-state index in [0.717, 1.165) is 12.1 Å². The van der Waals surface area contributed by atoms with Crippen molar-refractivity contribution in [2.45, 2.75) is 23.8 Å². The minimum absolute atomic E-state index is 0.251. The Morgan fingerprint density at radius 1 is 1.07 bits per heavy atom. The van der Waals surface area contributed by atoms with Gasteiger partial charge in [-0.3, -0.25) is 4.57 Å². The quantitative estimate of drug-likeness (QED) is 0.676. The third-order valence-corrected chi connectivity index (χ3v) is 6.70. The smallest absolute Gasteiger partial charge is 0.243 e. The first-order valence-electron chi connectivity index (χ1n) is 8.72. The summed E-state index contributed by atoms with van der Waals surface area (Å²) in [4.78, 5) is 0.251. The highest BCUT2D eigenvalue weighted by Crippen LogP contribution is 2.36. The fourth-order valence-corrected chi connectivity index (χ4v) is 5.08. The first-order chi connectivity index (χ1) is 13.1. The molecule has 1 unspecified atom stereocenters. The van der Waals surface area contributed by atoms with Crippen LogP contribution in [0.4, 0.5) is 0 Å². The molecular formula is C19H20N4O3S. The highest BCUT2D eigenvalue weighted by atomic mass is 32.2. The first kappa shape index (κ1) is 17.7. The number of hydrogen-bond acceptors (Lipinski definition) is 5. The van der Waals surface area contributed by atoms with Gasteiger partial charge in [-0.1, -0.05) is 18.2 Å². The molecule has 8 heteroatoms. The van der Waals surface area contributed by atoms with Gasteiger partial charge in [-0.05, 0) is 49.2 Å². The number of sulfonamides is 1. The van der Waals surface area contributed by atoms with E-state index in [1.807, 2.05) is 34.9 Å². The van der Waals surface area contributed by atoms with Crippen molar-refractivity contribution in [3.63, 3.8) is 0 Å². The van der Waals surface area contributed by atoms with Gasteiger partial charge in [-0.2, -0.15) is 4.31 Å². The van der Waals surface area contributed by atoms with Gasteiger partial charge in [0, 0.05) is 12.2 Å². The van der Waals surface area contributed by atoms with Crippen molar-refractivity contribution >= 4 is 10.0 Å². The van der Waals surface area contributed by atoms with Gasteiger partial charge in [0.15, 0.2) is 5.82 Å². The van der Waals surface area contributed by atoms with Crippen LogP contribution in [0.3, 0.4) is 0 Å². The second-order valence-electron chi connectivity index (χ2n) is 6.34. The van der Waals surface area contributed by atoms with Crippen LogP contribution in [0.5, 0.6) is 5.75 Å². The molecule has 1 fully saturated rings. The number of methoxy groups -OCH3 is 1. The fraction of sp³-hybridized carbons (Fsp3) is 0.263. The Labute approximate surface area is 158 Å². The largest absolute Gasteiger partial charge is 0.497 e. The summed E-state index contributed by atoms with van der Waals surface area (Å²) in [5.74, 6) is 1.26. The Morgan fingerprint density at radius 3 is 2.52 bits per heavy atom. The van der Waals surface area contributed by atoms with Crippen molar-refractivity contribution in [3.05, 3.63) is 66.7 Å². The monoisotopic (exact) mass is 384 g/mol. The van der Waals surface area contributed by atoms with E-state index in [9.17, 15) is 8.42 Å². The van der Waals surface area contributed by atoms with E-state index < -0.39 is 10.0 Å². The number of rotatable bonds is 5. The normalized spacial score (nSPS) is 17.9. The number of para-hydroxylation sites is 1. The van der Waals surface area contributed by atoms with E-state index in [1.54, 1.807) is 37.7 Å². The summed E-state index contributed by atoms with van der Waals surface area (Å²) in [5, 5.41) is 8.28. The fourth-order valence-electron chi connectivity index (χ4n) is 3.43. The molecular weight excluding hydrogens is 364 g/mol. The summed E-state index contributed by atoms with van der Waals surface area (Å²) in [5.41, 5.74) is 0.909. The van der Waals surface area contributed by atoms with Crippen LogP contribution < -0.4 is 4.74 Å². The molecule has 4 rings (SSSR count). The number of aromatic nitrogens is 3. The standard InChI is InChI=1S/C19H20N4O3S/c1-26-16-9-11-17(12-10-16)27(24,25)23-13-5-8-18(23)19-21-20-14-22(19)15-6-3-2-4-7-15/h2-4,6-7,9-12,14,18H,5,8,13H2,1H3. The molecule has 7 nitrogen and oxygen atoms in total. The molecule has 0 bridgehead atoms. The predicted octanol–water partition coefficient (Wildman–Crippen LogP) is 2.80. The average Bonchev–Trinajstić information content (AvgIpc) is 3.38. The molecule has 1 aliphatic rings. The molecule has 0 saturated carbocycles. The summed E-state index contributed by atoms with van der Waals surface area (Å²) in [6.07, 6.45) is 3.11. The van der Waals surface area contributed by atoms with Crippen LogP contribution in [0.2, 0.25) is 0 Å². The molecule has 0 aliphatic carbocycles. The van der Waals surface area contributed by atoms with E-state index in [0.29, 0.717) is 24.5 Å². The average molecular weight is 384 g/mol. The molecule has 27 heavy (non-hydrogen) atoms. The molecule has 1 aliphatic heterocycles. The second-order valence-corrected chi connectivity index (χ2v) is 8.23. The lowest BCUT2D eigenvalue weighted by atomic mass is 10.2. The number of nitrogens with zero attached hydrogens (tertiary/aromatic N) is 4. The molecule has 0 radical (unpaired) electrons. The van der Waals surface area contributed by atoms with Crippen molar-refractivity contribution in [3.8, 4) is 11.4 Å². The minimum Gasteiger partial charge on any atom is -0.497 e. The highest BCUT2D eigenvalue weighted by molar-refractivity contribution is 7.89. The zero-order valence-electron chi connectivity index (χ0n) is 14.9. The summed E-state index contributed by atoms with van der Waals surface area (Å²) >= 11 is 0. The Morgan fingerprint density at radius 2 is 1.81 bits per heavy atom. The third kappa shape index (κ3) is 3.22. The number of hydrogen-bond donors (Lipinski definition) is 0. The van der Waals surface area contributed by atoms with Gasteiger partial charge >= 0.3 is 0 Å². The Kier molecular flexibility index (Phi) is 4.67.